The number of nitrogens with two attached hydrogens (primary N) is 1. The summed E-state index contributed by atoms with van der Waals surface area (Å²) in [5, 5.41) is 9.53. The topological polar surface area (TPSA) is 61.9 Å². The highest BCUT2D eigenvalue weighted by atomic mass is 15.0. The van der Waals surface area contributed by atoms with Gasteiger partial charge in [-0.15, -0.1) is 0 Å². The van der Waals surface area contributed by atoms with Gasteiger partial charge in [0.2, 0.25) is 0 Å². The first kappa shape index (κ1) is 8.59. The molecule has 0 bridgehead atoms. The summed E-state index contributed by atoms with van der Waals surface area (Å²) in [6.07, 6.45) is 0.778. The first-order chi connectivity index (χ1) is 5.79. The van der Waals surface area contributed by atoms with E-state index in [2.05, 4.69) is 5.32 Å². The van der Waals surface area contributed by atoms with Gasteiger partial charge in [-0.1, -0.05) is 30.3 Å². The van der Waals surface area contributed by atoms with Crippen molar-refractivity contribution in [2.24, 2.45) is 5.73 Å². The van der Waals surface area contributed by atoms with Crippen LogP contribution in [-0.4, -0.2) is 5.96 Å². The van der Waals surface area contributed by atoms with Crippen LogP contribution in [0.5, 0.6) is 0 Å². The molecule has 1 aromatic rings. The highest BCUT2D eigenvalue weighted by molar-refractivity contribution is 5.74. The van der Waals surface area contributed by atoms with Crippen LogP contribution in [0.25, 0.3) is 0 Å². The van der Waals surface area contributed by atoms with E-state index in [1.807, 2.05) is 30.3 Å². The summed E-state index contributed by atoms with van der Waals surface area (Å²) in [5.41, 5.74) is 6.30. The van der Waals surface area contributed by atoms with Crippen LogP contribution in [0, 0.1) is 12.0 Å². The minimum Gasteiger partial charge on any atom is -0.370 e. The van der Waals surface area contributed by atoms with Gasteiger partial charge in [-0.3, -0.25) is 5.41 Å². The standard InChI is InChI=1S/C9H12N3/c10-9(11)12-7-6-8-4-2-1-3-5-8/h1-5,7H,6H2,(H4,10,11,12). The van der Waals surface area contributed by atoms with E-state index in [0.717, 1.165) is 6.42 Å². The van der Waals surface area contributed by atoms with E-state index in [1.165, 1.54) is 5.56 Å². The van der Waals surface area contributed by atoms with E-state index < -0.39 is 0 Å². The zero-order valence-corrected chi connectivity index (χ0v) is 6.75. The second-order valence-corrected chi connectivity index (χ2v) is 2.45. The molecule has 63 valence electrons. The lowest BCUT2D eigenvalue weighted by molar-refractivity contribution is 0.981. The fraction of sp³-hybridized carbons (Fsp3) is 0.111. The Bertz CT molecular complexity index is 243. The summed E-state index contributed by atoms with van der Waals surface area (Å²) in [6.45, 7) is 1.76. The lowest BCUT2D eigenvalue weighted by atomic mass is 10.1. The van der Waals surface area contributed by atoms with E-state index in [0.29, 0.717) is 0 Å². The smallest absolute Gasteiger partial charge is 0.186 e. The first-order valence-electron chi connectivity index (χ1n) is 3.75. The number of hydrogen-bond acceptors (Lipinski definition) is 1. The summed E-state index contributed by atoms with van der Waals surface area (Å²) >= 11 is 0. The Labute approximate surface area is 72.1 Å². The molecule has 0 saturated carbocycles. The molecule has 0 amide bonds. The van der Waals surface area contributed by atoms with Gasteiger partial charge < -0.3 is 11.1 Å². The molecule has 0 unspecified atom stereocenters. The van der Waals surface area contributed by atoms with Crippen molar-refractivity contribution < 1.29 is 0 Å². The minimum absolute atomic E-state index is 0.0223. The summed E-state index contributed by atoms with van der Waals surface area (Å²) in [6, 6.07) is 9.99. The summed E-state index contributed by atoms with van der Waals surface area (Å²) < 4.78 is 0. The van der Waals surface area contributed by atoms with Gasteiger partial charge in [0.1, 0.15) is 0 Å². The van der Waals surface area contributed by atoms with Gasteiger partial charge in [0, 0.05) is 0 Å². The zero-order chi connectivity index (χ0) is 8.81. The van der Waals surface area contributed by atoms with E-state index >= 15 is 0 Å². The zero-order valence-electron chi connectivity index (χ0n) is 6.75. The number of guanidine groups is 1. The molecule has 0 aliphatic heterocycles. The molecule has 3 nitrogen and oxygen atoms in total. The predicted octanol–water partition coefficient (Wildman–Crippen LogP) is 0.874. The molecular weight excluding hydrogens is 150 g/mol. The number of rotatable bonds is 3. The summed E-state index contributed by atoms with van der Waals surface area (Å²) in [4.78, 5) is 0. The Morgan fingerprint density at radius 2 is 2.08 bits per heavy atom. The molecule has 0 saturated heterocycles. The maximum atomic E-state index is 6.90. The second-order valence-electron chi connectivity index (χ2n) is 2.45. The largest absolute Gasteiger partial charge is 0.370 e. The first-order valence-corrected chi connectivity index (χ1v) is 3.75. The van der Waals surface area contributed by atoms with Crippen LogP contribution in [-0.2, 0) is 6.42 Å². The third-order valence-corrected chi connectivity index (χ3v) is 1.44. The Morgan fingerprint density at radius 3 is 2.67 bits per heavy atom. The third kappa shape index (κ3) is 3.05. The molecule has 1 rings (SSSR count). The van der Waals surface area contributed by atoms with Crippen molar-refractivity contribution in [2.75, 3.05) is 0 Å². The molecule has 0 spiro atoms. The number of hydrogen-bond donors (Lipinski definition) is 3. The molecule has 1 aromatic carbocycles. The van der Waals surface area contributed by atoms with Gasteiger partial charge in [-0.25, -0.2) is 0 Å². The van der Waals surface area contributed by atoms with E-state index in [1.54, 1.807) is 6.54 Å². The Kier molecular flexibility index (Phi) is 3.14. The highest BCUT2D eigenvalue weighted by Crippen LogP contribution is 1.99. The van der Waals surface area contributed by atoms with Crippen molar-refractivity contribution in [3.05, 3.63) is 42.4 Å². The predicted molar refractivity (Wildman–Crippen MR) is 49.5 cm³/mol. The molecule has 4 N–H and O–H groups in total. The van der Waals surface area contributed by atoms with Crippen LogP contribution in [0.2, 0.25) is 0 Å². The number of nitrogens with one attached hydrogen (secondary N) is 2. The van der Waals surface area contributed by atoms with Gasteiger partial charge in [0.15, 0.2) is 5.96 Å². The van der Waals surface area contributed by atoms with Gasteiger partial charge in [-0.2, -0.15) is 0 Å². The molecule has 0 heterocycles. The molecule has 12 heavy (non-hydrogen) atoms. The maximum absolute atomic E-state index is 6.90. The molecular formula is C9H12N3. The molecule has 0 atom stereocenters. The van der Waals surface area contributed by atoms with Crippen LogP contribution < -0.4 is 11.1 Å². The molecule has 1 radical (unpaired) electrons. The molecule has 0 aliphatic carbocycles. The van der Waals surface area contributed by atoms with E-state index in [4.69, 9.17) is 11.1 Å². The highest BCUT2D eigenvalue weighted by Gasteiger charge is 1.91. The third-order valence-electron chi connectivity index (χ3n) is 1.44. The van der Waals surface area contributed by atoms with Crippen molar-refractivity contribution in [2.45, 2.75) is 6.42 Å². The van der Waals surface area contributed by atoms with E-state index in [9.17, 15) is 0 Å². The number of benzene rings is 1. The van der Waals surface area contributed by atoms with Crippen LogP contribution in [0.3, 0.4) is 0 Å². The molecule has 3 heteroatoms. The van der Waals surface area contributed by atoms with Crippen molar-refractivity contribution in [1.29, 1.82) is 5.41 Å². The van der Waals surface area contributed by atoms with E-state index in [-0.39, 0.29) is 5.96 Å². The lowest BCUT2D eigenvalue weighted by Crippen LogP contribution is -2.28. The SMILES string of the molecule is N=C(N)N[CH]Cc1ccccc1. The van der Waals surface area contributed by atoms with Gasteiger partial charge in [-0.05, 0) is 12.0 Å². The fourth-order valence-corrected chi connectivity index (χ4v) is 0.893. The fourth-order valence-electron chi connectivity index (χ4n) is 0.893. The van der Waals surface area contributed by atoms with Crippen LogP contribution >= 0.6 is 0 Å². The Balaban J connectivity index is 2.29. The molecule has 0 aliphatic rings. The quantitative estimate of drug-likeness (QED) is 0.456. The van der Waals surface area contributed by atoms with Crippen molar-refractivity contribution in [3.8, 4) is 0 Å². The van der Waals surface area contributed by atoms with Crippen molar-refractivity contribution >= 4 is 5.96 Å². The minimum atomic E-state index is -0.0223. The summed E-state index contributed by atoms with van der Waals surface area (Å²) in [7, 11) is 0. The normalized spacial score (nSPS) is 9.33. The Morgan fingerprint density at radius 1 is 1.42 bits per heavy atom. The van der Waals surface area contributed by atoms with Crippen molar-refractivity contribution in [3.63, 3.8) is 0 Å². The van der Waals surface area contributed by atoms with Crippen LogP contribution in [0.15, 0.2) is 30.3 Å². The average Bonchev–Trinajstić information content (AvgIpc) is 2.05. The maximum Gasteiger partial charge on any atom is 0.186 e. The van der Waals surface area contributed by atoms with Gasteiger partial charge >= 0.3 is 0 Å². The second kappa shape index (κ2) is 4.38. The Hall–Kier alpha value is -1.51. The monoisotopic (exact) mass is 162 g/mol. The van der Waals surface area contributed by atoms with Gasteiger partial charge in [0.05, 0.1) is 6.54 Å². The van der Waals surface area contributed by atoms with Gasteiger partial charge in [0.25, 0.3) is 0 Å². The van der Waals surface area contributed by atoms with Crippen LogP contribution in [0.4, 0.5) is 0 Å². The summed E-state index contributed by atoms with van der Waals surface area (Å²) in [5.74, 6) is -0.0223. The lowest BCUT2D eigenvalue weighted by Gasteiger charge is -2.01. The molecule has 0 aromatic heterocycles. The van der Waals surface area contributed by atoms with Crippen molar-refractivity contribution in [1.82, 2.24) is 5.32 Å². The average molecular weight is 162 g/mol. The van der Waals surface area contributed by atoms with Crippen LogP contribution in [0.1, 0.15) is 5.56 Å². The molecule has 0 fully saturated rings.